The molecule has 5 rings (SSSR count). The van der Waals surface area contributed by atoms with E-state index >= 15 is 0 Å². The molecule has 0 bridgehead atoms. The number of fused-ring (bicyclic) bond motifs is 7. The first kappa shape index (κ1) is 25.8. The zero-order valence-corrected chi connectivity index (χ0v) is 24.2. The lowest BCUT2D eigenvalue weighted by Gasteiger charge is -2.76. The van der Waals surface area contributed by atoms with Gasteiger partial charge in [-0.15, -0.1) is 0 Å². The van der Waals surface area contributed by atoms with E-state index in [1.54, 1.807) is 0 Å². The summed E-state index contributed by atoms with van der Waals surface area (Å²) < 4.78 is 5.63. The minimum atomic E-state index is -0.535. The fraction of sp³-hybridized carbons (Fsp3) is 0.938. The fourth-order valence-electron chi connectivity index (χ4n) is 11.5. The molecule has 0 N–H and O–H groups in total. The summed E-state index contributed by atoms with van der Waals surface area (Å²) in [6.45, 7) is 21.7. The largest absolute Gasteiger partial charge is 0.455 e. The first-order valence-corrected chi connectivity index (χ1v) is 14.7. The molecule has 0 aromatic heterocycles. The number of Topliss-reactive ketones (excluding diaryl/α,β-unsaturated/α-hetero) is 1. The first-order valence-electron chi connectivity index (χ1n) is 14.7. The molecule has 5 aliphatic rings. The van der Waals surface area contributed by atoms with Crippen LogP contribution in [0.25, 0.3) is 0 Å². The van der Waals surface area contributed by atoms with E-state index in [-0.39, 0.29) is 23.1 Å². The fourth-order valence-corrected chi connectivity index (χ4v) is 11.5. The molecular weight excluding hydrogens is 432 g/mol. The summed E-state index contributed by atoms with van der Waals surface area (Å²) >= 11 is 0. The lowest BCUT2D eigenvalue weighted by Crippen LogP contribution is -2.69. The second-order valence-electron chi connectivity index (χ2n) is 15.9. The molecule has 0 saturated heterocycles. The van der Waals surface area contributed by atoms with E-state index in [0.29, 0.717) is 44.8 Å². The van der Waals surface area contributed by atoms with Gasteiger partial charge in [0, 0.05) is 12.8 Å². The number of carbonyl (C=O) groups excluding carboxylic acids is 2. The number of rotatable bonds is 1. The summed E-state index contributed by atoms with van der Waals surface area (Å²) in [7, 11) is 0. The van der Waals surface area contributed by atoms with Gasteiger partial charge in [0.2, 0.25) is 0 Å². The molecule has 3 heteroatoms. The Morgan fingerprint density at radius 2 is 1.49 bits per heavy atom. The average molecular weight is 485 g/mol. The molecule has 0 unspecified atom stereocenters. The molecule has 0 spiro atoms. The van der Waals surface area contributed by atoms with E-state index in [2.05, 4.69) is 55.4 Å². The van der Waals surface area contributed by atoms with Gasteiger partial charge in [0.1, 0.15) is 0 Å². The Kier molecular flexibility index (Phi) is 5.59. The molecule has 3 nitrogen and oxygen atoms in total. The van der Waals surface area contributed by atoms with Gasteiger partial charge in [0.15, 0.2) is 11.9 Å². The van der Waals surface area contributed by atoms with Crippen molar-refractivity contribution >= 4 is 11.8 Å². The number of ether oxygens (including phenoxy) is 1. The monoisotopic (exact) mass is 484 g/mol. The van der Waals surface area contributed by atoms with Crippen molar-refractivity contribution < 1.29 is 14.3 Å². The van der Waals surface area contributed by atoms with E-state index in [4.69, 9.17) is 4.74 Å². The molecule has 35 heavy (non-hydrogen) atoms. The molecular formula is C32H52O3. The third-order valence-electron chi connectivity index (χ3n) is 14.4. The number of hydrogen-bond donors (Lipinski definition) is 0. The van der Waals surface area contributed by atoms with Gasteiger partial charge in [0.05, 0.1) is 0 Å². The summed E-state index contributed by atoms with van der Waals surface area (Å²) in [6.07, 6.45) is 12.0. The maximum absolute atomic E-state index is 13.2. The third kappa shape index (κ3) is 3.20. The summed E-state index contributed by atoms with van der Waals surface area (Å²) in [5.41, 5.74) is 1.94. The van der Waals surface area contributed by atoms with Crippen molar-refractivity contribution in [2.45, 2.75) is 133 Å². The highest BCUT2D eigenvalue weighted by atomic mass is 16.5. The van der Waals surface area contributed by atoms with Crippen molar-refractivity contribution in [1.82, 2.24) is 0 Å². The summed E-state index contributed by atoms with van der Waals surface area (Å²) in [4.78, 5) is 25.1. The van der Waals surface area contributed by atoms with Crippen LogP contribution in [0.15, 0.2) is 0 Å². The number of esters is 1. The molecule has 5 fully saturated rings. The Morgan fingerprint density at radius 1 is 0.829 bits per heavy atom. The van der Waals surface area contributed by atoms with Gasteiger partial charge in [-0.25, -0.2) is 0 Å². The summed E-state index contributed by atoms with van der Waals surface area (Å²) in [5, 5.41) is 0. The molecule has 5 aliphatic carbocycles. The minimum Gasteiger partial charge on any atom is -0.455 e. The van der Waals surface area contributed by atoms with Gasteiger partial charge in [-0.3, -0.25) is 9.59 Å². The molecule has 0 heterocycles. The van der Waals surface area contributed by atoms with Crippen molar-refractivity contribution in [2.75, 3.05) is 0 Å². The normalized spacial score (nSPS) is 55.1. The topological polar surface area (TPSA) is 43.4 Å². The van der Waals surface area contributed by atoms with Crippen LogP contribution >= 0.6 is 0 Å². The summed E-state index contributed by atoms with van der Waals surface area (Å²) in [5.74, 6) is 1.65. The highest BCUT2D eigenvalue weighted by Crippen LogP contribution is 2.79. The van der Waals surface area contributed by atoms with E-state index in [0.717, 1.165) is 12.8 Å². The van der Waals surface area contributed by atoms with Crippen molar-refractivity contribution in [3.8, 4) is 0 Å². The predicted molar refractivity (Wildman–Crippen MR) is 141 cm³/mol. The maximum Gasteiger partial charge on any atom is 0.303 e. The van der Waals surface area contributed by atoms with Crippen molar-refractivity contribution in [1.29, 1.82) is 0 Å². The molecule has 198 valence electrons. The first-order chi connectivity index (χ1) is 16.0. The summed E-state index contributed by atoms with van der Waals surface area (Å²) in [6, 6.07) is 0. The van der Waals surface area contributed by atoms with E-state index in [9.17, 15) is 9.59 Å². The third-order valence-corrected chi connectivity index (χ3v) is 14.4. The quantitative estimate of drug-likeness (QED) is 0.354. The molecule has 0 aliphatic heterocycles. The SMILES string of the molecule is CC(=O)O[C@H]1C[C@H]2[C@H]3CC[C@@]4(C)[C@@]5(C)CC(C)(C)CC[C@]5(C)CC[C@]4(C)[C@@H]3CC[C@]2(C)[C@H](C)C1=O. The van der Waals surface area contributed by atoms with Crippen LogP contribution < -0.4 is 0 Å². The van der Waals surface area contributed by atoms with Gasteiger partial charge in [0.25, 0.3) is 0 Å². The van der Waals surface area contributed by atoms with E-state index in [1.165, 1.54) is 58.3 Å². The van der Waals surface area contributed by atoms with Crippen LogP contribution in [0.4, 0.5) is 0 Å². The molecule has 0 aromatic rings. The standard InChI is InChI=1S/C32H52O3/c1-20-26(34)25(35-21(2)33)18-24-22-10-13-31(8)30(7,23(22)11-12-29(20,24)6)17-16-28(5)15-14-27(3,4)19-32(28,31)9/h20,22-25H,10-19H2,1-9H3/t20-,22+,23-,24+,25+,28-,29-,30-,31-,32+/m1/s1. The Bertz CT molecular complexity index is 922. The highest BCUT2D eigenvalue weighted by molar-refractivity contribution is 5.88. The van der Waals surface area contributed by atoms with E-state index < -0.39 is 6.10 Å². The Hall–Kier alpha value is -0.860. The van der Waals surface area contributed by atoms with Crippen LogP contribution in [0.3, 0.4) is 0 Å². The lowest BCUT2D eigenvalue weighted by atomic mass is 9.28. The van der Waals surface area contributed by atoms with Crippen LogP contribution in [-0.4, -0.2) is 17.9 Å². The predicted octanol–water partition coefficient (Wildman–Crippen LogP) is 8.00. The van der Waals surface area contributed by atoms with Crippen LogP contribution in [0.5, 0.6) is 0 Å². The van der Waals surface area contributed by atoms with Crippen molar-refractivity contribution in [3.05, 3.63) is 0 Å². The van der Waals surface area contributed by atoms with Gasteiger partial charge < -0.3 is 4.74 Å². The number of ketones is 1. The number of hydrogen-bond acceptors (Lipinski definition) is 3. The molecule has 0 radical (unpaired) electrons. The number of carbonyl (C=O) groups is 2. The minimum absolute atomic E-state index is 0.0287. The van der Waals surface area contributed by atoms with Crippen LogP contribution in [-0.2, 0) is 14.3 Å². The zero-order valence-electron chi connectivity index (χ0n) is 24.2. The lowest BCUT2D eigenvalue weighted by molar-refractivity contribution is -0.272. The van der Waals surface area contributed by atoms with Crippen LogP contribution in [0.2, 0.25) is 0 Å². The van der Waals surface area contributed by atoms with Crippen LogP contribution in [0, 0.1) is 56.2 Å². The Balaban J connectivity index is 1.52. The smallest absolute Gasteiger partial charge is 0.303 e. The molecule has 0 amide bonds. The molecule has 0 aromatic carbocycles. The average Bonchev–Trinajstić information content (AvgIpc) is 2.76. The van der Waals surface area contributed by atoms with Gasteiger partial charge in [-0.1, -0.05) is 55.4 Å². The van der Waals surface area contributed by atoms with E-state index in [1.807, 2.05) is 0 Å². The second-order valence-corrected chi connectivity index (χ2v) is 15.9. The van der Waals surface area contributed by atoms with Crippen molar-refractivity contribution in [3.63, 3.8) is 0 Å². The van der Waals surface area contributed by atoms with Gasteiger partial charge in [-0.05, 0) is 114 Å². The highest BCUT2D eigenvalue weighted by Gasteiger charge is 2.72. The second kappa shape index (κ2) is 7.59. The Labute approximate surface area is 214 Å². The van der Waals surface area contributed by atoms with Crippen LogP contribution in [0.1, 0.15) is 127 Å². The van der Waals surface area contributed by atoms with Crippen molar-refractivity contribution in [2.24, 2.45) is 56.2 Å². The maximum atomic E-state index is 13.2. The Morgan fingerprint density at radius 3 is 2.14 bits per heavy atom. The zero-order chi connectivity index (χ0) is 25.8. The van der Waals surface area contributed by atoms with Gasteiger partial charge in [-0.2, -0.15) is 0 Å². The van der Waals surface area contributed by atoms with Gasteiger partial charge >= 0.3 is 5.97 Å². The molecule has 10 atom stereocenters. The molecule has 5 saturated carbocycles.